The van der Waals surface area contributed by atoms with Crippen LogP contribution in [0.4, 0.5) is 15.9 Å². The van der Waals surface area contributed by atoms with E-state index in [9.17, 15) is 14.3 Å². The van der Waals surface area contributed by atoms with Crippen molar-refractivity contribution in [3.63, 3.8) is 0 Å². The smallest absolute Gasteiger partial charge is 0.341 e. The van der Waals surface area contributed by atoms with Gasteiger partial charge in [-0.2, -0.15) is 9.61 Å². The molecule has 5 aromatic rings. The third-order valence-electron chi connectivity index (χ3n) is 6.88. The summed E-state index contributed by atoms with van der Waals surface area (Å²) in [5.74, 6) is -1.07. The molecule has 0 radical (unpaired) electrons. The Balaban J connectivity index is 1.25. The lowest BCUT2D eigenvalue weighted by Gasteiger charge is -2.28. The van der Waals surface area contributed by atoms with Gasteiger partial charge in [-0.1, -0.05) is 6.07 Å². The average Bonchev–Trinajstić information content (AvgIpc) is 3.53. The van der Waals surface area contributed by atoms with E-state index in [-0.39, 0.29) is 11.2 Å². The van der Waals surface area contributed by atoms with Gasteiger partial charge in [0.25, 0.3) is 0 Å². The van der Waals surface area contributed by atoms with Crippen LogP contribution in [0.5, 0.6) is 0 Å². The molecule has 5 heterocycles. The minimum Gasteiger partial charge on any atom is -0.477 e. The molecule has 37 heavy (non-hydrogen) atoms. The third kappa shape index (κ3) is 4.46. The summed E-state index contributed by atoms with van der Waals surface area (Å²) >= 11 is 0. The number of pyridine rings is 1. The molecule has 0 atom stereocenters. The van der Waals surface area contributed by atoms with Crippen LogP contribution in [-0.4, -0.2) is 55.3 Å². The van der Waals surface area contributed by atoms with Gasteiger partial charge in [0.05, 0.1) is 18.1 Å². The minimum absolute atomic E-state index is 0.0320. The first-order chi connectivity index (χ1) is 18.1. The standard InChI is InChI=1S/C27H26FN7O2/c28-19-10-18(13-29-15-19)23-12-25(35-26(33-23)22(16-32-35)27(36)37)30-7-6-17-14-31-24-11-20(4-5-21(17)24)34-8-2-1-3-9-34/h4-5,10-16,30-31H,1-3,6-9H2,(H,36,37). The van der Waals surface area contributed by atoms with Crippen molar-refractivity contribution in [3.8, 4) is 11.3 Å². The summed E-state index contributed by atoms with van der Waals surface area (Å²) in [5.41, 5.74) is 4.55. The number of carbonyl (C=O) groups is 1. The molecule has 1 aromatic carbocycles. The number of aromatic carboxylic acids is 1. The summed E-state index contributed by atoms with van der Waals surface area (Å²) in [6.45, 7) is 2.78. The lowest BCUT2D eigenvalue weighted by Crippen LogP contribution is -2.29. The lowest BCUT2D eigenvalue weighted by molar-refractivity contribution is 0.0698. The first-order valence-electron chi connectivity index (χ1n) is 12.4. The minimum atomic E-state index is -1.13. The van der Waals surface area contributed by atoms with Crippen molar-refractivity contribution in [3.05, 3.63) is 72.1 Å². The highest BCUT2D eigenvalue weighted by Gasteiger charge is 2.18. The van der Waals surface area contributed by atoms with Crippen LogP contribution in [0.3, 0.4) is 0 Å². The van der Waals surface area contributed by atoms with Crippen molar-refractivity contribution in [2.24, 2.45) is 0 Å². The zero-order chi connectivity index (χ0) is 25.4. The molecule has 10 heteroatoms. The molecule has 0 saturated carbocycles. The number of halogens is 1. The number of nitrogens with zero attached hydrogens (tertiary/aromatic N) is 5. The van der Waals surface area contributed by atoms with Crippen molar-refractivity contribution in [2.75, 3.05) is 29.9 Å². The lowest BCUT2D eigenvalue weighted by atomic mass is 10.1. The number of carboxylic acid groups (broad SMARTS) is 1. The van der Waals surface area contributed by atoms with Gasteiger partial charge >= 0.3 is 5.97 Å². The van der Waals surface area contributed by atoms with Gasteiger partial charge in [0.2, 0.25) is 0 Å². The highest BCUT2D eigenvalue weighted by molar-refractivity contribution is 5.95. The van der Waals surface area contributed by atoms with Crippen LogP contribution in [0.2, 0.25) is 0 Å². The normalized spacial score (nSPS) is 13.9. The number of H-pyrrole nitrogens is 1. The van der Waals surface area contributed by atoms with Gasteiger partial charge in [-0.3, -0.25) is 4.98 Å². The summed E-state index contributed by atoms with van der Waals surface area (Å²) in [4.78, 5) is 25.9. The van der Waals surface area contributed by atoms with Crippen molar-refractivity contribution < 1.29 is 14.3 Å². The Hall–Kier alpha value is -4.47. The fourth-order valence-electron chi connectivity index (χ4n) is 4.99. The molecule has 0 spiro atoms. The maximum absolute atomic E-state index is 13.8. The summed E-state index contributed by atoms with van der Waals surface area (Å²) in [5, 5.41) is 18.3. The number of aromatic nitrogens is 5. The Morgan fingerprint density at radius 2 is 1.97 bits per heavy atom. The predicted molar refractivity (Wildman–Crippen MR) is 140 cm³/mol. The van der Waals surface area contributed by atoms with Crippen molar-refractivity contribution in [1.29, 1.82) is 0 Å². The summed E-state index contributed by atoms with van der Waals surface area (Å²) < 4.78 is 15.3. The summed E-state index contributed by atoms with van der Waals surface area (Å²) in [6.07, 6.45) is 10.4. The molecular formula is C27H26FN7O2. The van der Waals surface area contributed by atoms with E-state index in [1.54, 1.807) is 6.07 Å². The fraction of sp³-hybridized carbons (Fsp3) is 0.259. The van der Waals surface area contributed by atoms with Gasteiger partial charge in [0.1, 0.15) is 17.2 Å². The van der Waals surface area contributed by atoms with Crippen molar-refractivity contribution in [1.82, 2.24) is 24.6 Å². The molecule has 9 nitrogen and oxygen atoms in total. The van der Waals surface area contributed by atoms with Gasteiger partial charge in [-0.25, -0.2) is 14.2 Å². The molecule has 1 aliphatic heterocycles. The molecule has 0 amide bonds. The molecule has 0 aliphatic carbocycles. The summed E-state index contributed by atoms with van der Waals surface area (Å²) in [7, 11) is 0. The zero-order valence-corrected chi connectivity index (χ0v) is 20.1. The fourth-order valence-corrected chi connectivity index (χ4v) is 4.99. The SMILES string of the molecule is O=C(O)c1cnn2c(NCCc3c[nH]c4cc(N5CCCCC5)ccc34)cc(-c3cncc(F)c3)nc12. The molecule has 0 bridgehead atoms. The van der Waals surface area contributed by atoms with Crippen LogP contribution in [-0.2, 0) is 6.42 Å². The Kier molecular flexibility index (Phi) is 5.91. The van der Waals surface area contributed by atoms with E-state index in [2.05, 4.69) is 48.5 Å². The van der Waals surface area contributed by atoms with Crippen LogP contribution in [0, 0.1) is 5.82 Å². The number of benzene rings is 1. The maximum atomic E-state index is 13.8. The molecule has 4 aromatic heterocycles. The molecular weight excluding hydrogens is 473 g/mol. The number of rotatable bonds is 7. The van der Waals surface area contributed by atoms with E-state index in [0.717, 1.165) is 31.2 Å². The van der Waals surface area contributed by atoms with E-state index in [1.807, 2.05) is 6.20 Å². The number of piperidine rings is 1. The molecule has 188 valence electrons. The quantitative estimate of drug-likeness (QED) is 0.296. The highest BCUT2D eigenvalue weighted by atomic mass is 19.1. The Morgan fingerprint density at radius 1 is 1.11 bits per heavy atom. The van der Waals surface area contributed by atoms with E-state index in [4.69, 9.17) is 0 Å². The van der Waals surface area contributed by atoms with E-state index < -0.39 is 11.8 Å². The number of hydrogen-bond donors (Lipinski definition) is 3. The van der Waals surface area contributed by atoms with Crippen LogP contribution in [0.1, 0.15) is 35.2 Å². The Bertz CT molecular complexity index is 1600. The second-order valence-corrected chi connectivity index (χ2v) is 9.29. The van der Waals surface area contributed by atoms with Gasteiger partial charge in [-0.15, -0.1) is 0 Å². The largest absolute Gasteiger partial charge is 0.477 e. The number of hydrogen-bond acceptors (Lipinski definition) is 6. The Morgan fingerprint density at radius 3 is 2.78 bits per heavy atom. The van der Waals surface area contributed by atoms with Gasteiger partial charge in [-0.05, 0) is 49.4 Å². The van der Waals surface area contributed by atoms with Crippen LogP contribution in [0.15, 0.2) is 55.1 Å². The number of anilines is 2. The van der Waals surface area contributed by atoms with Crippen LogP contribution in [0.25, 0.3) is 27.8 Å². The molecule has 3 N–H and O–H groups in total. The van der Waals surface area contributed by atoms with Crippen LogP contribution >= 0.6 is 0 Å². The summed E-state index contributed by atoms with van der Waals surface area (Å²) in [6, 6.07) is 9.64. The number of fused-ring (bicyclic) bond motifs is 2. The average molecular weight is 500 g/mol. The Labute approximate surface area is 212 Å². The van der Waals surface area contributed by atoms with Crippen LogP contribution < -0.4 is 10.2 Å². The number of carboxylic acids is 1. The molecule has 6 rings (SSSR count). The topological polar surface area (TPSA) is 111 Å². The molecule has 1 fully saturated rings. The predicted octanol–water partition coefficient (Wildman–Crippen LogP) is 4.75. The molecule has 0 unspecified atom stereocenters. The van der Waals surface area contributed by atoms with Gasteiger partial charge in [0.15, 0.2) is 5.65 Å². The van der Waals surface area contributed by atoms with E-state index in [1.165, 1.54) is 58.9 Å². The van der Waals surface area contributed by atoms with Gasteiger partial charge < -0.3 is 20.3 Å². The van der Waals surface area contributed by atoms with E-state index >= 15 is 0 Å². The van der Waals surface area contributed by atoms with E-state index in [0.29, 0.717) is 23.6 Å². The first kappa shape index (κ1) is 23.0. The second kappa shape index (κ2) is 9.53. The monoisotopic (exact) mass is 499 g/mol. The second-order valence-electron chi connectivity index (χ2n) is 9.29. The van der Waals surface area contributed by atoms with Crippen molar-refractivity contribution in [2.45, 2.75) is 25.7 Å². The molecule has 1 saturated heterocycles. The van der Waals surface area contributed by atoms with Gasteiger partial charge in [0, 0.05) is 60.2 Å². The number of nitrogens with one attached hydrogen (secondary N) is 2. The third-order valence-corrected chi connectivity index (χ3v) is 6.88. The molecule has 1 aliphatic rings. The number of aromatic amines is 1. The van der Waals surface area contributed by atoms with Crippen molar-refractivity contribution >= 4 is 34.0 Å². The zero-order valence-electron chi connectivity index (χ0n) is 20.1. The maximum Gasteiger partial charge on any atom is 0.341 e. The highest BCUT2D eigenvalue weighted by Crippen LogP contribution is 2.27. The first-order valence-corrected chi connectivity index (χ1v) is 12.4.